The number of aryl methyl sites for hydroxylation is 2. The van der Waals surface area contributed by atoms with Crippen LogP contribution in [0.15, 0.2) is 46.9 Å². The first-order valence-corrected chi connectivity index (χ1v) is 8.11. The average Bonchev–Trinajstić information content (AvgIpc) is 2.93. The van der Waals surface area contributed by atoms with E-state index >= 15 is 0 Å². The summed E-state index contributed by atoms with van der Waals surface area (Å²) in [5.41, 5.74) is 5.83. The van der Waals surface area contributed by atoms with Crippen LogP contribution in [-0.4, -0.2) is 0 Å². The van der Waals surface area contributed by atoms with Crippen molar-refractivity contribution in [2.45, 2.75) is 38.8 Å². The van der Waals surface area contributed by atoms with E-state index in [1.54, 1.807) is 11.1 Å². The third kappa shape index (κ3) is 3.13. The summed E-state index contributed by atoms with van der Waals surface area (Å²) in [6.07, 6.45) is 3.84. The van der Waals surface area contributed by atoms with Crippen molar-refractivity contribution in [3.8, 4) is 0 Å². The second kappa shape index (κ2) is 6.11. The normalized spacial score (nSPS) is 15.1. The van der Waals surface area contributed by atoms with Gasteiger partial charge in [-0.15, -0.1) is 0 Å². The molecule has 0 amide bonds. The summed E-state index contributed by atoms with van der Waals surface area (Å²) in [5.74, 6) is 0. The molecule has 2 aromatic carbocycles. The zero-order valence-electron chi connectivity index (χ0n) is 11.8. The molecule has 3 rings (SSSR count). The van der Waals surface area contributed by atoms with Crippen LogP contribution in [0.3, 0.4) is 0 Å². The van der Waals surface area contributed by atoms with Crippen LogP contribution in [0, 0.1) is 0 Å². The lowest BCUT2D eigenvalue weighted by atomic mass is 10.1. The summed E-state index contributed by atoms with van der Waals surface area (Å²) in [6, 6.07) is 15.9. The number of rotatable bonds is 4. The molecule has 0 saturated carbocycles. The highest BCUT2D eigenvalue weighted by Crippen LogP contribution is 2.23. The van der Waals surface area contributed by atoms with Crippen LogP contribution in [0.4, 0.5) is 0 Å². The van der Waals surface area contributed by atoms with Gasteiger partial charge < -0.3 is 5.32 Å². The van der Waals surface area contributed by atoms with Crippen LogP contribution in [-0.2, 0) is 19.4 Å². The molecule has 2 aromatic rings. The van der Waals surface area contributed by atoms with Crippen LogP contribution < -0.4 is 5.32 Å². The third-order valence-electron chi connectivity index (χ3n) is 4.15. The summed E-state index contributed by atoms with van der Waals surface area (Å²) < 4.78 is 1.13. The maximum atomic E-state index is 3.61. The topological polar surface area (TPSA) is 12.0 Å². The molecule has 0 aliphatic heterocycles. The number of fused-ring (bicyclic) bond motifs is 1. The second-order valence-electron chi connectivity index (χ2n) is 5.61. The smallest absolute Gasteiger partial charge is 0.0294 e. The number of nitrogens with one attached hydrogen (secondary N) is 1. The SMILES string of the molecule is C[C@H](NCc1ccc2c(c1)CCC2)c1ccc(Br)cc1. The highest BCUT2D eigenvalue weighted by atomic mass is 79.9. The lowest BCUT2D eigenvalue weighted by Crippen LogP contribution is -2.18. The van der Waals surface area contributed by atoms with Crippen molar-refractivity contribution in [2.24, 2.45) is 0 Å². The van der Waals surface area contributed by atoms with Gasteiger partial charge in [-0.1, -0.05) is 46.3 Å². The number of halogens is 1. The molecule has 0 spiro atoms. The van der Waals surface area contributed by atoms with Gasteiger partial charge in [-0.25, -0.2) is 0 Å². The molecule has 0 aromatic heterocycles. The summed E-state index contributed by atoms with van der Waals surface area (Å²) in [6.45, 7) is 3.15. The molecule has 1 atom stereocenters. The first kappa shape index (κ1) is 13.8. The van der Waals surface area contributed by atoms with Crippen LogP contribution in [0.2, 0.25) is 0 Å². The summed E-state index contributed by atoms with van der Waals surface area (Å²) in [5, 5.41) is 3.61. The number of hydrogen-bond acceptors (Lipinski definition) is 1. The van der Waals surface area contributed by atoms with Crippen LogP contribution in [0.5, 0.6) is 0 Å². The Kier molecular flexibility index (Phi) is 4.23. The van der Waals surface area contributed by atoms with E-state index in [2.05, 4.69) is 70.6 Å². The Hall–Kier alpha value is -1.12. The van der Waals surface area contributed by atoms with Gasteiger partial charge in [0, 0.05) is 17.1 Å². The van der Waals surface area contributed by atoms with Gasteiger partial charge >= 0.3 is 0 Å². The maximum absolute atomic E-state index is 3.61. The van der Waals surface area contributed by atoms with E-state index < -0.39 is 0 Å². The Bertz CT molecular complexity index is 589. The number of benzene rings is 2. The van der Waals surface area contributed by atoms with Crippen LogP contribution in [0.25, 0.3) is 0 Å². The van der Waals surface area contributed by atoms with E-state index in [4.69, 9.17) is 0 Å². The van der Waals surface area contributed by atoms with E-state index in [1.165, 1.54) is 30.4 Å². The van der Waals surface area contributed by atoms with Crippen LogP contribution >= 0.6 is 15.9 Å². The molecular weight excluding hydrogens is 310 g/mol. The number of hydrogen-bond donors (Lipinski definition) is 1. The fourth-order valence-electron chi connectivity index (χ4n) is 2.88. The zero-order chi connectivity index (χ0) is 13.9. The predicted molar refractivity (Wildman–Crippen MR) is 87.9 cm³/mol. The minimum absolute atomic E-state index is 0.372. The van der Waals surface area contributed by atoms with Gasteiger partial charge in [0.25, 0.3) is 0 Å². The zero-order valence-corrected chi connectivity index (χ0v) is 13.4. The van der Waals surface area contributed by atoms with Gasteiger partial charge in [0.1, 0.15) is 0 Å². The van der Waals surface area contributed by atoms with Crippen molar-refractivity contribution in [1.29, 1.82) is 0 Å². The molecule has 1 N–H and O–H groups in total. The molecule has 0 fully saturated rings. The molecule has 1 aliphatic carbocycles. The van der Waals surface area contributed by atoms with Crippen LogP contribution in [0.1, 0.15) is 41.6 Å². The minimum atomic E-state index is 0.372. The maximum Gasteiger partial charge on any atom is 0.0294 e. The molecule has 20 heavy (non-hydrogen) atoms. The van der Waals surface area contributed by atoms with Crippen molar-refractivity contribution in [2.75, 3.05) is 0 Å². The van der Waals surface area contributed by atoms with Gasteiger partial charge in [-0.2, -0.15) is 0 Å². The van der Waals surface area contributed by atoms with Crippen molar-refractivity contribution >= 4 is 15.9 Å². The predicted octanol–water partition coefficient (Wildman–Crippen LogP) is 4.79. The molecule has 1 nitrogen and oxygen atoms in total. The highest BCUT2D eigenvalue weighted by molar-refractivity contribution is 9.10. The first-order valence-electron chi connectivity index (χ1n) is 7.32. The lowest BCUT2D eigenvalue weighted by Gasteiger charge is -2.15. The fourth-order valence-corrected chi connectivity index (χ4v) is 3.14. The molecule has 0 unspecified atom stereocenters. The monoisotopic (exact) mass is 329 g/mol. The highest BCUT2D eigenvalue weighted by Gasteiger charge is 2.11. The largest absolute Gasteiger partial charge is 0.306 e. The molecule has 0 radical (unpaired) electrons. The lowest BCUT2D eigenvalue weighted by molar-refractivity contribution is 0.574. The van der Waals surface area contributed by atoms with Crippen molar-refractivity contribution in [3.05, 3.63) is 69.2 Å². The quantitative estimate of drug-likeness (QED) is 0.850. The van der Waals surface area contributed by atoms with Crippen molar-refractivity contribution in [3.63, 3.8) is 0 Å². The average molecular weight is 330 g/mol. The molecular formula is C18H20BrN. The van der Waals surface area contributed by atoms with E-state index in [1.807, 2.05) is 0 Å². The molecule has 104 valence electrons. The summed E-state index contributed by atoms with van der Waals surface area (Å²) in [4.78, 5) is 0. The standard InChI is InChI=1S/C18H20BrN/c1-13(15-7-9-18(19)10-8-15)20-12-14-5-6-16-3-2-4-17(16)11-14/h5-11,13,20H,2-4,12H2,1H3/t13-/m0/s1. The van der Waals surface area contributed by atoms with Gasteiger partial charge in [-0.3, -0.25) is 0 Å². The van der Waals surface area contributed by atoms with Crippen molar-refractivity contribution in [1.82, 2.24) is 5.32 Å². The molecule has 0 saturated heterocycles. The summed E-state index contributed by atoms with van der Waals surface area (Å²) >= 11 is 3.48. The van der Waals surface area contributed by atoms with E-state index in [-0.39, 0.29) is 0 Å². The third-order valence-corrected chi connectivity index (χ3v) is 4.67. The Labute approximate surface area is 129 Å². The van der Waals surface area contributed by atoms with E-state index in [9.17, 15) is 0 Å². The van der Waals surface area contributed by atoms with E-state index in [0.29, 0.717) is 6.04 Å². The molecule has 2 heteroatoms. The Morgan fingerprint density at radius 2 is 1.80 bits per heavy atom. The van der Waals surface area contributed by atoms with Gasteiger partial charge in [0.15, 0.2) is 0 Å². The Morgan fingerprint density at radius 3 is 2.60 bits per heavy atom. The molecule has 0 heterocycles. The minimum Gasteiger partial charge on any atom is -0.306 e. The van der Waals surface area contributed by atoms with Gasteiger partial charge in [0.05, 0.1) is 0 Å². The fraction of sp³-hybridized carbons (Fsp3) is 0.333. The summed E-state index contributed by atoms with van der Waals surface area (Å²) in [7, 11) is 0. The molecule has 0 bridgehead atoms. The van der Waals surface area contributed by atoms with Gasteiger partial charge in [-0.05, 0) is 60.6 Å². The second-order valence-corrected chi connectivity index (χ2v) is 6.53. The van der Waals surface area contributed by atoms with Crippen molar-refractivity contribution < 1.29 is 0 Å². The first-order chi connectivity index (χ1) is 9.72. The Morgan fingerprint density at radius 1 is 1.05 bits per heavy atom. The Balaban J connectivity index is 1.63. The van der Waals surface area contributed by atoms with Gasteiger partial charge in [0.2, 0.25) is 0 Å². The van der Waals surface area contributed by atoms with E-state index in [0.717, 1.165) is 11.0 Å². The molecule has 1 aliphatic rings.